The Hall–Kier alpha value is -0.380. The van der Waals surface area contributed by atoms with E-state index in [4.69, 9.17) is 4.74 Å². The lowest BCUT2D eigenvalue weighted by atomic mass is 10.2. The lowest BCUT2D eigenvalue weighted by Crippen LogP contribution is -2.22. The van der Waals surface area contributed by atoms with Crippen LogP contribution in [0.5, 0.6) is 0 Å². The predicted octanol–water partition coefficient (Wildman–Crippen LogP) is 2.37. The maximum atomic E-state index is 5.58. The maximum Gasteiger partial charge on any atom is 0.0591 e. The lowest BCUT2D eigenvalue weighted by Gasteiger charge is -2.04. The molecule has 1 fully saturated rings. The van der Waals surface area contributed by atoms with E-state index >= 15 is 0 Å². The third-order valence-corrected chi connectivity index (χ3v) is 3.78. The molecule has 0 spiro atoms. The van der Waals surface area contributed by atoms with Gasteiger partial charge >= 0.3 is 0 Å². The minimum absolute atomic E-state index is 0.799. The molecule has 0 unspecified atom stereocenters. The summed E-state index contributed by atoms with van der Waals surface area (Å²) in [4.78, 5) is 1.46. The van der Waals surface area contributed by atoms with Gasteiger partial charge in [-0.1, -0.05) is 0 Å². The Bertz CT molecular complexity index is 294. The summed E-state index contributed by atoms with van der Waals surface area (Å²) >= 11 is 1.83. The summed E-state index contributed by atoms with van der Waals surface area (Å²) in [6.45, 7) is 4.88. The Balaban J connectivity index is 1.49. The van der Waals surface area contributed by atoms with Gasteiger partial charge in [-0.3, -0.25) is 0 Å². The first-order chi connectivity index (χ1) is 7.36. The largest absolute Gasteiger partial charge is 0.380 e. The molecule has 0 atom stereocenters. The fraction of sp³-hybridized carbons (Fsp3) is 0.667. The highest BCUT2D eigenvalue weighted by Gasteiger charge is 2.19. The Labute approximate surface area is 95.6 Å². The topological polar surface area (TPSA) is 21.3 Å². The number of ether oxygens (including phenoxy) is 1. The molecule has 1 aromatic rings. The molecule has 2 rings (SSSR count). The summed E-state index contributed by atoms with van der Waals surface area (Å²) in [5.74, 6) is 0. The van der Waals surface area contributed by atoms with Crippen molar-refractivity contribution in [2.45, 2.75) is 32.2 Å². The second-order valence-corrected chi connectivity index (χ2v) is 5.12. The molecule has 0 amide bonds. The molecule has 0 radical (unpaired) electrons. The molecule has 1 heterocycles. The van der Waals surface area contributed by atoms with E-state index in [1.165, 1.54) is 23.3 Å². The first-order valence-corrected chi connectivity index (χ1v) is 6.58. The zero-order chi connectivity index (χ0) is 10.5. The highest BCUT2D eigenvalue weighted by Crippen LogP contribution is 2.18. The van der Waals surface area contributed by atoms with Crippen LogP contribution in [0.3, 0.4) is 0 Å². The summed E-state index contributed by atoms with van der Waals surface area (Å²) in [7, 11) is 0. The molecular weight excluding hydrogens is 206 g/mol. The van der Waals surface area contributed by atoms with Crippen LogP contribution in [0.25, 0.3) is 0 Å². The highest BCUT2D eigenvalue weighted by molar-refractivity contribution is 7.10. The first-order valence-electron chi connectivity index (χ1n) is 5.70. The van der Waals surface area contributed by atoms with E-state index in [1.54, 1.807) is 0 Å². The van der Waals surface area contributed by atoms with E-state index < -0.39 is 0 Å². The fourth-order valence-corrected chi connectivity index (χ4v) is 2.44. The van der Waals surface area contributed by atoms with Gasteiger partial charge in [0.05, 0.1) is 13.2 Å². The normalized spacial score (nSPS) is 15.8. The molecule has 0 aromatic carbocycles. The van der Waals surface area contributed by atoms with Crippen LogP contribution in [0, 0.1) is 6.92 Å². The number of rotatable bonds is 7. The van der Waals surface area contributed by atoms with Gasteiger partial charge in [0.15, 0.2) is 0 Å². The molecule has 1 aliphatic carbocycles. The molecule has 0 saturated heterocycles. The van der Waals surface area contributed by atoms with Crippen LogP contribution in [0.4, 0.5) is 0 Å². The molecule has 0 aliphatic heterocycles. The zero-order valence-electron chi connectivity index (χ0n) is 9.29. The molecule has 1 aromatic heterocycles. The van der Waals surface area contributed by atoms with E-state index in [9.17, 15) is 0 Å². The van der Waals surface area contributed by atoms with Gasteiger partial charge in [0.25, 0.3) is 0 Å². The summed E-state index contributed by atoms with van der Waals surface area (Å²) < 4.78 is 5.58. The molecule has 0 bridgehead atoms. The smallest absolute Gasteiger partial charge is 0.0591 e. The predicted molar refractivity (Wildman–Crippen MR) is 64.6 cm³/mol. The SMILES string of the molecule is Cc1ccsc1CCOCCNC1CC1. The standard InChI is InChI=1S/C12H19NOS/c1-10-5-9-15-12(10)4-7-14-8-6-13-11-2-3-11/h5,9,11,13H,2-4,6-8H2,1H3. The van der Waals surface area contributed by atoms with Gasteiger partial charge in [-0.15, -0.1) is 11.3 Å². The van der Waals surface area contributed by atoms with Gasteiger partial charge in [0, 0.05) is 23.9 Å². The van der Waals surface area contributed by atoms with Crippen molar-refractivity contribution in [2.75, 3.05) is 19.8 Å². The van der Waals surface area contributed by atoms with Crippen molar-refractivity contribution in [1.29, 1.82) is 0 Å². The van der Waals surface area contributed by atoms with E-state index in [1.807, 2.05) is 11.3 Å². The van der Waals surface area contributed by atoms with Crippen LogP contribution in [-0.4, -0.2) is 25.8 Å². The van der Waals surface area contributed by atoms with Gasteiger partial charge in [-0.25, -0.2) is 0 Å². The summed E-state index contributed by atoms with van der Waals surface area (Å²) in [6.07, 6.45) is 3.77. The van der Waals surface area contributed by atoms with Crippen LogP contribution < -0.4 is 5.32 Å². The highest BCUT2D eigenvalue weighted by atomic mass is 32.1. The van der Waals surface area contributed by atoms with Crippen molar-refractivity contribution >= 4 is 11.3 Å². The molecule has 1 aliphatic rings. The Morgan fingerprint density at radius 1 is 1.47 bits per heavy atom. The van der Waals surface area contributed by atoms with E-state index in [2.05, 4.69) is 23.7 Å². The van der Waals surface area contributed by atoms with Crippen molar-refractivity contribution in [3.8, 4) is 0 Å². The minimum Gasteiger partial charge on any atom is -0.380 e. The minimum atomic E-state index is 0.799. The molecular formula is C12H19NOS. The molecule has 15 heavy (non-hydrogen) atoms. The van der Waals surface area contributed by atoms with Gasteiger partial charge in [0.1, 0.15) is 0 Å². The number of thiophene rings is 1. The van der Waals surface area contributed by atoms with Gasteiger partial charge in [0.2, 0.25) is 0 Å². The van der Waals surface area contributed by atoms with E-state index in [-0.39, 0.29) is 0 Å². The summed E-state index contributed by atoms with van der Waals surface area (Å²) in [5, 5.41) is 5.59. The average Bonchev–Trinajstić information content (AvgIpc) is 2.96. The zero-order valence-corrected chi connectivity index (χ0v) is 10.1. The Morgan fingerprint density at radius 2 is 2.33 bits per heavy atom. The first kappa shape index (κ1) is 11.1. The van der Waals surface area contributed by atoms with Crippen molar-refractivity contribution < 1.29 is 4.74 Å². The van der Waals surface area contributed by atoms with Crippen LogP contribution >= 0.6 is 11.3 Å². The number of nitrogens with one attached hydrogen (secondary N) is 1. The molecule has 1 N–H and O–H groups in total. The number of hydrogen-bond acceptors (Lipinski definition) is 3. The van der Waals surface area contributed by atoms with Crippen LogP contribution in [-0.2, 0) is 11.2 Å². The van der Waals surface area contributed by atoms with Crippen LogP contribution in [0.15, 0.2) is 11.4 Å². The van der Waals surface area contributed by atoms with E-state index in [0.717, 1.165) is 32.2 Å². The quantitative estimate of drug-likeness (QED) is 0.719. The molecule has 3 heteroatoms. The van der Waals surface area contributed by atoms with Crippen molar-refractivity contribution in [1.82, 2.24) is 5.32 Å². The van der Waals surface area contributed by atoms with Crippen molar-refractivity contribution in [3.63, 3.8) is 0 Å². The van der Waals surface area contributed by atoms with Crippen molar-refractivity contribution in [2.24, 2.45) is 0 Å². The fourth-order valence-electron chi connectivity index (χ4n) is 1.55. The van der Waals surface area contributed by atoms with Gasteiger partial charge in [-0.2, -0.15) is 0 Å². The van der Waals surface area contributed by atoms with E-state index in [0.29, 0.717) is 0 Å². The number of hydrogen-bond donors (Lipinski definition) is 1. The Kier molecular flexibility index (Phi) is 4.18. The lowest BCUT2D eigenvalue weighted by molar-refractivity contribution is 0.139. The third kappa shape index (κ3) is 3.93. The average molecular weight is 225 g/mol. The Morgan fingerprint density at radius 3 is 3.00 bits per heavy atom. The molecule has 84 valence electrons. The van der Waals surface area contributed by atoms with Gasteiger partial charge < -0.3 is 10.1 Å². The molecule has 2 nitrogen and oxygen atoms in total. The maximum absolute atomic E-state index is 5.58. The second kappa shape index (κ2) is 5.64. The second-order valence-electron chi connectivity index (χ2n) is 4.12. The van der Waals surface area contributed by atoms with Crippen LogP contribution in [0.1, 0.15) is 23.3 Å². The van der Waals surface area contributed by atoms with Gasteiger partial charge in [-0.05, 0) is 36.8 Å². The van der Waals surface area contributed by atoms with Crippen LogP contribution in [0.2, 0.25) is 0 Å². The van der Waals surface area contributed by atoms with Crippen molar-refractivity contribution in [3.05, 3.63) is 21.9 Å². The molecule has 1 saturated carbocycles. The number of aryl methyl sites for hydroxylation is 1. The monoisotopic (exact) mass is 225 g/mol. The summed E-state index contributed by atoms with van der Waals surface area (Å²) in [5.41, 5.74) is 1.40. The third-order valence-electron chi connectivity index (χ3n) is 2.70. The summed E-state index contributed by atoms with van der Waals surface area (Å²) in [6, 6.07) is 2.97.